The zero-order valence-corrected chi connectivity index (χ0v) is 8.33. The van der Waals surface area contributed by atoms with E-state index in [1.165, 1.54) is 0 Å². The van der Waals surface area contributed by atoms with Crippen LogP contribution in [-0.4, -0.2) is 6.04 Å². The van der Waals surface area contributed by atoms with Gasteiger partial charge in [-0.15, -0.1) is 6.58 Å². The number of nitrogens with zero attached hydrogens (tertiary/aromatic N) is 1. The summed E-state index contributed by atoms with van der Waals surface area (Å²) in [4.78, 5) is 0. The summed E-state index contributed by atoms with van der Waals surface area (Å²) in [5, 5.41) is 12.1. The summed E-state index contributed by atoms with van der Waals surface area (Å²) in [6.07, 6.45) is 2.76. The van der Waals surface area contributed by atoms with Crippen molar-refractivity contribution >= 4 is 5.69 Å². The Morgan fingerprint density at radius 1 is 1.57 bits per heavy atom. The Labute approximate surface area is 84.9 Å². The lowest BCUT2D eigenvalue weighted by atomic mass is 10.1. The van der Waals surface area contributed by atoms with Crippen LogP contribution in [-0.2, 0) is 0 Å². The van der Waals surface area contributed by atoms with Gasteiger partial charge in [-0.05, 0) is 25.5 Å². The van der Waals surface area contributed by atoms with Gasteiger partial charge in [-0.2, -0.15) is 5.26 Å². The molecule has 2 nitrogen and oxygen atoms in total. The minimum atomic E-state index is 0.307. The third kappa shape index (κ3) is 2.63. The molecule has 1 aromatic carbocycles. The molecule has 0 saturated carbocycles. The molecule has 1 atom stereocenters. The molecule has 0 spiro atoms. The summed E-state index contributed by atoms with van der Waals surface area (Å²) in [7, 11) is 0. The monoisotopic (exact) mass is 186 g/mol. The molecule has 0 aliphatic carbocycles. The topological polar surface area (TPSA) is 35.8 Å². The van der Waals surface area contributed by atoms with E-state index in [4.69, 9.17) is 5.26 Å². The van der Waals surface area contributed by atoms with Crippen molar-refractivity contribution < 1.29 is 0 Å². The van der Waals surface area contributed by atoms with Gasteiger partial charge in [-0.1, -0.05) is 18.2 Å². The van der Waals surface area contributed by atoms with Crippen molar-refractivity contribution in [3.8, 4) is 6.07 Å². The van der Waals surface area contributed by atoms with Gasteiger partial charge in [0.05, 0.1) is 11.3 Å². The van der Waals surface area contributed by atoms with E-state index in [0.29, 0.717) is 11.6 Å². The number of hydrogen-bond acceptors (Lipinski definition) is 2. The van der Waals surface area contributed by atoms with Crippen LogP contribution in [0, 0.1) is 11.3 Å². The van der Waals surface area contributed by atoms with Gasteiger partial charge in [0.1, 0.15) is 6.07 Å². The van der Waals surface area contributed by atoms with E-state index in [1.54, 1.807) is 0 Å². The highest BCUT2D eigenvalue weighted by Gasteiger charge is 2.03. The van der Waals surface area contributed by atoms with Crippen molar-refractivity contribution in [1.29, 1.82) is 5.26 Å². The van der Waals surface area contributed by atoms with Gasteiger partial charge in [-0.25, -0.2) is 0 Å². The fourth-order valence-electron chi connectivity index (χ4n) is 1.28. The normalized spacial score (nSPS) is 11.4. The standard InChI is InChI=1S/C12H14N2/c1-3-6-10(2)14-12-8-5-4-7-11(12)9-13/h3-5,7-8,10,14H,1,6H2,2H3. The first-order valence-electron chi connectivity index (χ1n) is 4.64. The second-order valence-electron chi connectivity index (χ2n) is 3.23. The first-order valence-corrected chi connectivity index (χ1v) is 4.64. The van der Waals surface area contributed by atoms with Gasteiger partial charge in [0.15, 0.2) is 0 Å². The summed E-state index contributed by atoms with van der Waals surface area (Å²) in [6, 6.07) is 9.97. The van der Waals surface area contributed by atoms with Gasteiger partial charge in [0, 0.05) is 6.04 Å². The molecule has 2 heteroatoms. The molecule has 0 amide bonds. The highest BCUT2D eigenvalue weighted by molar-refractivity contribution is 5.57. The number of para-hydroxylation sites is 1. The number of hydrogen-bond donors (Lipinski definition) is 1. The van der Waals surface area contributed by atoms with Gasteiger partial charge >= 0.3 is 0 Å². The molecule has 0 fully saturated rings. The number of benzene rings is 1. The molecule has 0 radical (unpaired) electrons. The van der Waals surface area contributed by atoms with Crippen LogP contribution in [0.15, 0.2) is 36.9 Å². The smallest absolute Gasteiger partial charge is 0.101 e. The maximum absolute atomic E-state index is 8.85. The Morgan fingerprint density at radius 2 is 2.29 bits per heavy atom. The van der Waals surface area contributed by atoms with E-state index >= 15 is 0 Å². The molecule has 0 saturated heterocycles. The summed E-state index contributed by atoms with van der Waals surface area (Å²) in [5.41, 5.74) is 1.58. The lowest BCUT2D eigenvalue weighted by Gasteiger charge is -2.13. The fraction of sp³-hybridized carbons (Fsp3) is 0.250. The largest absolute Gasteiger partial charge is 0.381 e. The molecular weight excluding hydrogens is 172 g/mol. The first-order chi connectivity index (χ1) is 6.77. The highest BCUT2D eigenvalue weighted by atomic mass is 14.9. The molecule has 0 heterocycles. The number of nitrogens with one attached hydrogen (secondary N) is 1. The molecule has 14 heavy (non-hydrogen) atoms. The summed E-state index contributed by atoms with van der Waals surface area (Å²) in [6.45, 7) is 5.75. The third-order valence-corrected chi connectivity index (χ3v) is 1.97. The highest BCUT2D eigenvalue weighted by Crippen LogP contribution is 2.15. The van der Waals surface area contributed by atoms with Crippen LogP contribution in [0.5, 0.6) is 0 Å². The van der Waals surface area contributed by atoms with Gasteiger partial charge < -0.3 is 5.32 Å². The average Bonchev–Trinajstić information content (AvgIpc) is 2.19. The molecular formula is C12H14N2. The Bertz CT molecular complexity index is 350. The molecule has 0 aliphatic heterocycles. The molecule has 1 unspecified atom stereocenters. The van der Waals surface area contributed by atoms with E-state index in [1.807, 2.05) is 30.3 Å². The lowest BCUT2D eigenvalue weighted by molar-refractivity contribution is 0.813. The Morgan fingerprint density at radius 3 is 2.93 bits per heavy atom. The second kappa shape index (κ2) is 5.08. The maximum Gasteiger partial charge on any atom is 0.101 e. The van der Waals surface area contributed by atoms with Crippen molar-refractivity contribution in [3.63, 3.8) is 0 Å². The number of rotatable bonds is 4. The average molecular weight is 186 g/mol. The van der Waals surface area contributed by atoms with E-state index in [9.17, 15) is 0 Å². The predicted octanol–water partition coefficient (Wildman–Crippen LogP) is 2.93. The van der Waals surface area contributed by atoms with Crippen molar-refractivity contribution in [1.82, 2.24) is 0 Å². The molecule has 1 aromatic rings. The Balaban J connectivity index is 2.76. The third-order valence-electron chi connectivity index (χ3n) is 1.97. The number of nitriles is 1. The molecule has 1 rings (SSSR count). The van der Waals surface area contributed by atoms with Crippen LogP contribution in [0.2, 0.25) is 0 Å². The summed E-state index contributed by atoms with van der Waals surface area (Å²) >= 11 is 0. The van der Waals surface area contributed by atoms with Gasteiger partial charge in [-0.3, -0.25) is 0 Å². The van der Waals surface area contributed by atoms with E-state index in [0.717, 1.165) is 12.1 Å². The van der Waals surface area contributed by atoms with Crippen molar-refractivity contribution in [3.05, 3.63) is 42.5 Å². The van der Waals surface area contributed by atoms with Crippen LogP contribution in [0.3, 0.4) is 0 Å². The van der Waals surface area contributed by atoms with Crippen LogP contribution in [0.4, 0.5) is 5.69 Å². The van der Waals surface area contributed by atoms with E-state index in [-0.39, 0.29) is 0 Å². The molecule has 72 valence electrons. The summed E-state index contributed by atoms with van der Waals surface area (Å²) < 4.78 is 0. The molecule has 1 N–H and O–H groups in total. The van der Waals surface area contributed by atoms with Crippen molar-refractivity contribution in [2.45, 2.75) is 19.4 Å². The fourth-order valence-corrected chi connectivity index (χ4v) is 1.28. The van der Waals surface area contributed by atoms with Crippen LogP contribution >= 0.6 is 0 Å². The SMILES string of the molecule is C=CCC(C)Nc1ccccc1C#N. The second-order valence-corrected chi connectivity index (χ2v) is 3.23. The molecule has 0 bridgehead atoms. The van der Waals surface area contributed by atoms with Crippen LogP contribution < -0.4 is 5.32 Å². The van der Waals surface area contributed by atoms with Crippen LogP contribution in [0.25, 0.3) is 0 Å². The first kappa shape index (κ1) is 10.3. The molecule has 0 aromatic heterocycles. The minimum Gasteiger partial charge on any atom is -0.381 e. The number of anilines is 1. The Kier molecular flexibility index (Phi) is 3.75. The van der Waals surface area contributed by atoms with E-state index < -0.39 is 0 Å². The van der Waals surface area contributed by atoms with Gasteiger partial charge in [0.2, 0.25) is 0 Å². The zero-order chi connectivity index (χ0) is 10.4. The lowest BCUT2D eigenvalue weighted by Crippen LogP contribution is -2.14. The van der Waals surface area contributed by atoms with Crippen molar-refractivity contribution in [2.24, 2.45) is 0 Å². The van der Waals surface area contributed by atoms with E-state index in [2.05, 4.69) is 24.9 Å². The minimum absolute atomic E-state index is 0.307. The maximum atomic E-state index is 8.85. The zero-order valence-electron chi connectivity index (χ0n) is 8.33. The van der Waals surface area contributed by atoms with Crippen molar-refractivity contribution in [2.75, 3.05) is 5.32 Å². The molecule has 0 aliphatic rings. The summed E-state index contributed by atoms with van der Waals surface area (Å²) in [5.74, 6) is 0. The predicted molar refractivity (Wildman–Crippen MR) is 59.1 cm³/mol. The van der Waals surface area contributed by atoms with Crippen LogP contribution in [0.1, 0.15) is 18.9 Å². The quantitative estimate of drug-likeness (QED) is 0.734. The Hall–Kier alpha value is -1.75. The van der Waals surface area contributed by atoms with Gasteiger partial charge in [0.25, 0.3) is 0 Å².